The second-order valence-electron chi connectivity index (χ2n) is 4.67. The summed E-state index contributed by atoms with van der Waals surface area (Å²) < 4.78 is 0. The van der Waals surface area contributed by atoms with Crippen LogP contribution in [0, 0.1) is 5.92 Å². The number of aliphatic hydroxyl groups is 1. The number of nitrogens with one attached hydrogen (secondary N) is 3. The Labute approximate surface area is 102 Å². The molecule has 0 saturated carbocycles. The average molecular weight is 235 g/mol. The SMILES string of the molecule is CC(CO)NCC1CNNC1c1ccccc1. The third kappa shape index (κ3) is 3.26. The zero-order chi connectivity index (χ0) is 12.1. The van der Waals surface area contributed by atoms with Gasteiger partial charge in [0.15, 0.2) is 0 Å². The van der Waals surface area contributed by atoms with Gasteiger partial charge >= 0.3 is 0 Å². The smallest absolute Gasteiger partial charge is 0.0581 e. The van der Waals surface area contributed by atoms with Crippen molar-refractivity contribution in [2.75, 3.05) is 19.7 Å². The lowest BCUT2D eigenvalue weighted by Gasteiger charge is -2.21. The summed E-state index contributed by atoms with van der Waals surface area (Å²) in [5, 5.41) is 12.3. The van der Waals surface area contributed by atoms with Gasteiger partial charge in [0.25, 0.3) is 0 Å². The highest BCUT2D eigenvalue weighted by Crippen LogP contribution is 2.23. The average Bonchev–Trinajstić information content (AvgIpc) is 2.85. The molecule has 3 atom stereocenters. The number of hydrogen-bond donors (Lipinski definition) is 4. The van der Waals surface area contributed by atoms with Crippen LogP contribution in [0.15, 0.2) is 30.3 Å². The van der Waals surface area contributed by atoms with Crippen molar-refractivity contribution in [3.05, 3.63) is 35.9 Å². The first-order valence-electron chi connectivity index (χ1n) is 6.19. The molecular weight excluding hydrogens is 214 g/mol. The van der Waals surface area contributed by atoms with E-state index in [1.807, 2.05) is 13.0 Å². The van der Waals surface area contributed by atoms with Crippen LogP contribution in [0.5, 0.6) is 0 Å². The Morgan fingerprint density at radius 1 is 1.41 bits per heavy atom. The van der Waals surface area contributed by atoms with Gasteiger partial charge in [0.05, 0.1) is 12.6 Å². The molecule has 1 fully saturated rings. The molecule has 1 aliphatic rings. The van der Waals surface area contributed by atoms with Crippen molar-refractivity contribution < 1.29 is 5.11 Å². The molecule has 1 aromatic rings. The Kier molecular flexibility index (Phi) is 4.50. The van der Waals surface area contributed by atoms with E-state index in [-0.39, 0.29) is 12.6 Å². The quantitative estimate of drug-likeness (QED) is 0.597. The summed E-state index contributed by atoms with van der Waals surface area (Å²) >= 11 is 0. The van der Waals surface area contributed by atoms with Crippen LogP contribution in [0.3, 0.4) is 0 Å². The molecule has 4 nitrogen and oxygen atoms in total. The van der Waals surface area contributed by atoms with Crippen LogP contribution in [-0.2, 0) is 0 Å². The van der Waals surface area contributed by atoms with Crippen molar-refractivity contribution in [3.8, 4) is 0 Å². The topological polar surface area (TPSA) is 56.3 Å². The van der Waals surface area contributed by atoms with Crippen molar-refractivity contribution in [1.82, 2.24) is 16.2 Å². The van der Waals surface area contributed by atoms with Gasteiger partial charge in [-0.2, -0.15) is 0 Å². The van der Waals surface area contributed by atoms with Crippen LogP contribution in [0.2, 0.25) is 0 Å². The van der Waals surface area contributed by atoms with Crippen molar-refractivity contribution in [2.45, 2.75) is 19.0 Å². The Balaban J connectivity index is 1.93. The minimum atomic E-state index is 0.159. The fraction of sp³-hybridized carbons (Fsp3) is 0.538. The third-order valence-electron chi connectivity index (χ3n) is 3.25. The summed E-state index contributed by atoms with van der Waals surface area (Å²) in [5.41, 5.74) is 7.83. The molecule has 0 aromatic heterocycles. The molecule has 0 spiro atoms. The van der Waals surface area contributed by atoms with Gasteiger partial charge < -0.3 is 10.4 Å². The minimum absolute atomic E-state index is 0.159. The van der Waals surface area contributed by atoms with Crippen LogP contribution in [0.4, 0.5) is 0 Å². The van der Waals surface area contributed by atoms with Gasteiger partial charge in [-0.3, -0.25) is 5.43 Å². The molecule has 17 heavy (non-hydrogen) atoms. The molecule has 4 heteroatoms. The van der Waals surface area contributed by atoms with E-state index in [0.717, 1.165) is 13.1 Å². The van der Waals surface area contributed by atoms with Gasteiger partial charge in [-0.1, -0.05) is 30.3 Å². The first kappa shape index (κ1) is 12.5. The standard InChI is InChI=1S/C13H21N3O/c1-10(9-17)14-7-12-8-15-16-13(12)11-5-3-2-4-6-11/h2-6,10,12-17H,7-9H2,1H3. The molecule has 94 valence electrons. The van der Waals surface area contributed by atoms with E-state index in [1.165, 1.54) is 5.56 Å². The zero-order valence-electron chi connectivity index (χ0n) is 10.2. The zero-order valence-corrected chi connectivity index (χ0v) is 10.2. The van der Waals surface area contributed by atoms with E-state index >= 15 is 0 Å². The highest BCUT2D eigenvalue weighted by molar-refractivity contribution is 5.20. The maximum Gasteiger partial charge on any atom is 0.0581 e. The molecule has 3 unspecified atom stereocenters. The van der Waals surface area contributed by atoms with Crippen LogP contribution < -0.4 is 16.2 Å². The molecule has 1 heterocycles. The van der Waals surface area contributed by atoms with E-state index in [9.17, 15) is 0 Å². The number of aliphatic hydroxyl groups excluding tert-OH is 1. The summed E-state index contributed by atoms with van der Waals surface area (Å²) in [6.07, 6.45) is 0. The van der Waals surface area contributed by atoms with Crippen molar-refractivity contribution >= 4 is 0 Å². The van der Waals surface area contributed by atoms with E-state index < -0.39 is 0 Å². The summed E-state index contributed by atoms with van der Waals surface area (Å²) in [5.74, 6) is 0.506. The maximum atomic E-state index is 9.00. The minimum Gasteiger partial charge on any atom is -0.395 e. The van der Waals surface area contributed by atoms with Gasteiger partial charge in [-0.25, -0.2) is 5.43 Å². The number of rotatable bonds is 5. The van der Waals surface area contributed by atoms with Crippen molar-refractivity contribution in [2.24, 2.45) is 5.92 Å². The predicted molar refractivity (Wildman–Crippen MR) is 68.4 cm³/mol. The molecule has 4 N–H and O–H groups in total. The van der Waals surface area contributed by atoms with Crippen molar-refractivity contribution in [3.63, 3.8) is 0 Å². The fourth-order valence-electron chi connectivity index (χ4n) is 2.16. The van der Waals surface area contributed by atoms with Crippen LogP contribution in [0.25, 0.3) is 0 Å². The van der Waals surface area contributed by atoms with Gasteiger partial charge in [0.1, 0.15) is 0 Å². The van der Waals surface area contributed by atoms with Crippen LogP contribution in [-0.4, -0.2) is 30.8 Å². The summed E-state index contributed by atoms with van der Waals surface area (Å²) in [7, 11) is 0. The van der Waals surface area contributed by atoms with Crippen molar-refractivity contribution in [1.29, 1.82) is 0 Å². The third-order valence-corrected chi connectivity index (χ3v) is 3.25. The van der Waals surface area contributed by atoms with Crippen LogP contribution in [0.1, 0.15) is 18.5 Å². The van der Waals surface area contributed by atoms with Gasteiger partial charge in [0, 0.05) is 25.0 Å². The van der Waals surface area contributed by atoms with Gasteiger partial charge in [0.2, 0.25) is 0 Å². The highest BCUT2D eigenvalue weighted by Gasteiger charge is 2.27. The molecule has 1 aliphatic heterocycles. The van der Waals surface area contributed by atoms with E-state index in [1.54, 1.807) is 0 Å². The first-order chi connectivity index (χ1) is 8.31. The Hall–Kier alpha value is -0.940. The van der Waals surface area contributed by atoms with E-state index in [0.29, 0.717) is 12.0 Å². The first-order valence-corrected chi connectivity index (χ1v) is 6.19. The van der Waals surface area contributed by atoms with Gasteiger partial charge in [-0.15, -0.1) is 0 Å². The summed E-state index contributed by atoms with van der Waals surface area (Å²) in [4.78, 5) is 0. The number of hydrazine groups is 1. The lowest BCUT2D eigenvalue weighted by atomic mass is 9.95. The fourth-order valence-corrected chi connectivity index (χ4v) is 2.16. The Bertz CT molecular complexity index is 331. The van der Waals surface area contributed by atoms with E-state index in [4.69, 9.17) is 5.11 Å². The largest absolute Gasteiger partial charge is 0.395 e. The molecular formula is C13H21N3O. The highest BCUT2D eigenvalue weighted by atomic mass is 16.3. The lowest BCUT2D eigenvalue weighted by molar-refractivity contribution is 0.245. The monoisotopic (exact) mass is 235 g/mol. The molecule has 0 radical (unpaired) electrons. The van der Waals surface area contributed by atoms with Crippen LogP contribution >= 0.6 is 0 Å². The molecule has 0 bridgehead atoms. The molecule has 0 aliphatic carbocycles. The summed E-state index contributed by atoms with van der Waals surface area (Å²) in [6.45, 7) is 4.03. The molecule has 0 amide bonds. The second-order valence-corrected chi connectivity index (χ2v) is 4.67. The normalized spacial score (nSPS) is 26.0. The molecule has 1 aromatic carbocycles. The number of benzene rings is 1. The summed E-state index contributed by atoms with van der Waals surface area (Å²) in [6, 6.07) is 11.0. The van der Waals surface area contributed by atoms with Gasteiger partial charge in [-0.05, 0) is 12.5 Å². The lowest BCUT2D eigenvalue weighted by Crippen LogP contribution is -2.36. The maximum absolute atomic E-state index is 9.00. The van der Waals surface area contributed by atoms with E-state index in [2.05, 4.69) is 40.4 Å². The Morgan fingerprint density at radius 3 is 2.88 bits per heavy atom. The Morgan fingerprint density at radius 2 is 2.18 bits per heavy atom. The molecule has 2 rings (SSSR count). The second kappa shape index (κ2) is 6.12. The number of hydrogen-bond acceptors (Lipinski definition) is 4. The predicted octanol–water partition coefficient (Wildman–Crippen LogP) is 0.422. The molecule has 1 saturated heterocycles.